The van der Waals surface area contributed by atoms with Gasteiger partial charge in [0.1, 0.15) is 20.4 Å². The van der Waals surface area contributed by atoms with Gasteiger partial charge in [-0.15, -0.1) is 11.6 Å². The van der Waals surface area contributed by atoms with Crippen LogP contribution in [-0.2, 0) is 5.88 Å². The molecule has 4 aromatic rings. The number of anilines is 2. The number of rotatable bonds is 5. The second-order valence-electron chi connectivity index (χ2n) is 13.7. The first-order chi connectivity index (χ1) is 20.4. The molecule has 0 aliphatic carbocycles. The van der Waals surface area contributed by atoms with Gasteiger partial charge in [-0.25, -0.2) is 4.58 Å². The van der Waals surface area contributed by atoms with Gasteiger partial charge >= 0.3 is 0 Å². The van der Waals surface area contributed by atoms with Crippen LogP contribution in [0.15, 0.2) is 72.8 Å². The molecule has 1 N–H and O–H groups in total. The number of nitrogens with zero attached hydrogens (tertiary/aromatic N) is 2. The SMILES string of the molecule is CC[N+]1=c2cc3c(cc2C(C)CC1(C)C)=C(c1ccc(CCl)cc1C)c1ccc(N(C)c2ccc(O)cc2)cc1[Si]3(C)C. The smallest absolute Gasteiger partial charge is 0.203 e. The van der Waals surface area contributed by atoms with Gasteiger partial charge in [0.2, 0.25) is 5.36 Å². The Balaban J connectivity index is 1.70. The van der Waals surface area contributed by atoms with E-state index in [1.54, 1.807) is 12.1 Å². The van der Waals surface area contributed by atoms with E-state index in [9.17, 15) is 5.11 Å². The van der Waals surface area contributed by atoms with Crippen LogP contribution in [-0.4, -0.2) is 32.3 Å². The maximum absolute atomic E-state index is 9.86. The van der Waals surface area contributed by atoms with Crippen molar-refractivity contribution in [3.63, 3.8) is 0 Å². The molecule has 222 valence electrons. The Bertz CT molecular complexity index is 1870. The number of fused-ring (bicyclic) bond motifs is 3. The third-order valence-corrected chi connectivity index (χ3v) is 13.9. The molecule has 0 fully saturated rings. The minimum atomic E-state index is -2.13. The number of phenols is 1. The monoisotopic (exact) mass is 607 g/mol. The molecule has 0 amide bonds. The standard InChI is InChI=1S/C38H43ClN2OSi/c1-9-41-34-21-36-33(20-32(34)25(3)22-38(41,4)5)37(30-16-10-26(23-39)18-24(30)2)31-17-13-28(19-35(31)43(36,7)8)40(6)27-11-14-29(42)15-12-27/h10-21,25H,9,22-23H2,1-8H3/p+1. The van der Waals surface area contributed by atoms with Gasteiger partial charge in [-0.3, -0.25) is 0 Å². The number of halogens is 1. The van der Waals surface area contributed by atoms with E-state index in [-0.39, 0.29) is 11.3 Å². The number of benzene rings is 4. The van der Waals surface area contributed by atoms with E-state index >= 15 is 0 Å². The molecule has 43 heavy (non-hydrogen) atoms. The number of aryl methyl sites for hydroxylation is 1. The van der Waals surface area contributed by atoms with Gasteiger partial charge in [0.25, 0.3) is 0 Å². The van der Waals surface area contributed by atoms with Crippen molar-refractivity contribution in [1.29, 1.82) is 0 Å². The van der Waals surface area contributed by atoms with E-state index < -0.39 is 8.07 Å². The van der Waals surface area contributed by atoms with Crippen molar-refractivity contribution in [1.82, 2.24) is 4.58 Å². The molecular formula is C38H44ClN2OSi+. The second-order valence-corrected chi connectivity index (χ2v) is 18.3. The van der Waals surface area contributed by atoms with E-state index in [1.807, 2.05) is 12.1 Å². The summed E-state index contributed by atoms with van der Waals surface area (Å²) in [4.78, 5) is 2.22. The fourth-order valence-electron chi connectivity index (χ4n) is 7.82. The molecular weight excluding hydrogens is 564 g/mol. The maximum atomic E-state index is 9.86. The van der Waals surface area contributed by atoms with Gasteiger partial charge in [0.05, 0.1) is 0 Å². The van der Waals surface area contributed by atoms with Crippen molar-refractivity contribution < 1.29 is 5.11 Å². The summed E-state index contributed by atoms with van der Waals surface area (Å²) in [5, 5.41) is 15.7. The third kappa shape index (κ3) is 4.83. The quantitative estimate of drug-likeness (QED) is 0.162. The first-order valence-electron chi connectivity index (χ1n) is 15.5. The lowest BCUT2D eigenvalue weighted by molar-refractivity contribution is 0.273. The normalized spacial score (nSPS) is 18.1. The van der Waals surface area contributed by atoms with Crippen molar-refractivity contribution in [2.45, 2.75) is 71.5 Å². The number of hydrogen-bond donors (Lipinski definition) is 1. The lowest BCUT2D eigenvalue weighted by atomic mass is 9.82. The molecule has 0 bridgehead atoms. The maximum Gasteiger partial charge on any atom is 0.203 e. The van der Waals surface area contributed by atoms with Crippen molar-refractivity contribution in [2.75, 3.05) is 18.5 Å². The molecule has 0 saturated carbocycles. The summed E-state index contributed by atoms with van der Waals surface area (Å²) in [6, 6.07) is 26.4. The van der Waals surface area contributed by atoms with Crippen molar-refractivity contribution >= 4 is 47.0 Å². The number of phenolic OH excluding ortho intramolecular Hbond substituents is 1. The Hall–Kier alpha value is -3.34. The molecule has 0 aromatic heterocycles. The van der Waals surface area contributed by atoms with Crippen LogP contribution in [0, 0.1) is 6.92 Å². The van der Waals surface area contributed by atoms with Crippen LogP contribution in [0.3, 0.4) is 0 Å². The number of hydrogen-bond acceptors (Lipinski definition) is 2. The lowest BCUT2D eigenvalue weighted by Gasteiger charge is -2.36. The zero-order valence-electron chi connectivity index (χ0n) is 26.8. The van der Waals surface area contributed by atoms with Crippen LogP contribution < -0.4 is 30.4 Å². The Morgan fingerprint density at radius 2 is 1.60 bits per heavy atom. The average Bonchev–Trinajstić information content (AvgIpc) is 2.97. The Kier molecular flexibility index (Phi) is 7.38. The molecule has 6 rings (SSSR count). The molecule has 1 unspecified atom stereocenters. The topological polar surface area (TPSA) is 26.5 Å². The van der Waals surface area contributed by atoms with Crippen LogP contribution in [0.1, 0.15) is 67.9 Å². The predicted molar refractivity (Wildman–Crippen MR) is 186 cm³/mol. The van der Waals surface area contributed by atoms with E-state index in [0.717, 1.165) is 29.9 Å². The Morgan fingerprint density at radius 3 is 2.26 bits per heavy atom. The van der Waals surface area contributed by atoms with Gasteiger partial charge < -0.3 is 10.0 Å². The van der Waals surface area contributed by atoms with Gasteiger partial charge in [0, 0.05) is 42.4 Å². The van der Waals surface area contributed by atoms with E-state index in [0.29, 0.717) is 11.8 Å². The summed E-state index contributed by atoms with van der Waals surface area (Å²) in [6.45, 7) is 17.8. The van der Waals surface area contributed by atoms with Crippen molar-refractivity contribution in [3.05, 3.63) is 111 Å². The molecule has 3 nitrogen and oxygen atoms in total. The van der Waals surface area contributed by atoms with Gasteiger partial charge in [-0.1, -0.05) is 44.3 Å². The molecule has 5 heteroatoms. The van der Waals surface area contributed by atoms with Crippen LogP contribution in [0.4, 0.5) is 11.4 Å². The van der Waals surface area contributed by atoms with Crippen LogP contribution in [0.5, 0.6) is 5.75 Å². The molecule has 2 heterocycles. The van der Waals surface area contributed by atoms with Crippen LogP contribution in [0.25, 0.3) is 5.57 Å². The average molecular weight is 608 g/mol. The zero-order chi connectivity index (χ0) is 30.8. The number of alkyl halides is 1. The highest BCUT2D eigenvalue weighted by molar-refractivity contribution is 7.01. The molecule has 0 radical (unpaired) electrons. The minimum Gasteiger partial charge on any atom is -0.508 e. The van der Waals surface area contributed by atoms with E-state index in [1.165, 1.54) is 48.8 Å². The summed E-state index contributed by atoms with van der Waals surface area (Å²) >= 11 is 6.26. The first kappa shape index (κ1) is 29.7. The fourth-order valence-corrected chi connectivity index (χ4v) is 11.0. The summed E-state index contributed by atoms with van der Waals surface area (Å²) in [6.07, 6.45) is 1.15. The highest BCUT2D eigenvalue weighted by atomic mass is 35.5. The van der Waals surface area contributed by atoms with Gasteiger partial charge in [-0.2, -0.15) is 0 Å². The summed E-state index contributed by atoms with van der Waals surface area (Å²) in [7, 11) is -0.0248. The molecule has 1 atom stereocenters. The Morgan fingerprint density at radius 1 is 0.930 bits per heavy atom. The van der Waals surface area contributed by atoms with Crippen molar-refractivity contribution in [3.8, 4) is 5.75 Å². The van der Waals surface area contributed by atoms with Gasteiger partial charge in [-0.05, 0) is 119 Å². The zero-order valence-corrected chi connectivity index (χ0v) is 28.6. The number of aromatic hydroxyl groups is 1. The first-order valence-corrected chi connectivity index (χ1v) is 19.1. The molecule has 2 aliphatic rings. The second kappa shape index (κ2) is 10.7. The fraction of sp³-hybridized carbons (Fsp3) is 0.342. The summed E-state index contributed by atoms with van der Waals surface area (Å²) in [5.74, 6) is 1.29. The molecule has 0 saturated heterocycles. The highest BCUT2D eigenvalue weighted by Gasteiger charge is 2.41. The van der Waals surface area contributed by atoms with Crippen LogP contribution >= 0.6 is 11.6 Å². The van der Waals surface area contributed by atoms with E-state index in [2.05, 4.69) is 113 Å². The van der Waals surface area contributed by atoms with Gasteiger partial charge in [0.15, 0.2) is 5.54 Å². The molecule has 4 aromatic carbocycles. The largest absolute Gasteiger partial charge is 0.508 e. The Labute approximate surface area is 262 Å². The third-order valence-electron chi connectivity index (χ3n) is 10.1. The molecule has 0 spiro atoms. The highest BCUT2D eigenvalue weighted by Crippen LogP contribution is 2.33. The van der Waals surface area contributed by atoms with E-state index in [4.69, 9.17) is 11.6 Å². The predicted octanol–water partition coefficient (Wildman–Crippen LogP) is 6.39. The molecule has 2 aliphatic heterocycles. The summed E-state index contributed by atoms with van der Waals surface area (Å²) in [5.41, 5.74) is 10.2. The van der Waals surface area contributed by atoms with Crippen molar-refractivity contribution in [2.24, 2.45) is 0 Å². The lowest BCUT2D eigenvalue weighted by Crippen LogP contribution is -2.65. The minimum absolute atomic E-state index is 0.119. The summed E-state index contributed by atoms with van der Waals surface area (Å²) < 4.78 is 2.64. The van der Waals surface area contributed by atoms with Crippen LogP contribution in [0.2, 0.25) is 13.1 Å².